The SMILES string of the molecule is CCn1c(SCC(=O)Nc2cccc3ccccc23)nc2ccc(Br)cc2c1=O. The van der Waals surface area contributed by atoms with Crippen LogP contribution in [0.4, 0.5) is 5.69 Å². The maximum Gasteiger partial charge on any atom is 0.262 e. The highest BCUT2D eigenvalue weighted by molar-refractivity contribution is 9.10. The molecule has 29 heavy (non-hydrogen) atoms. The van der Waals surface area contributed by atoms with Gasteiger partial charge in [0.25, 0.3) is 5.56 Å². The number of aromatic nitrogens is 2. The summed E-state index contributed by atoms with van der Waals surface area (Å²) in [4.78, 5) is 30.0. The summed E-state index contributed by atoms with van der Waals surface area (Å²) < 4.78 is 2.44. The highest BCUT2D eigenvalue weighted by atomic mass is 79.9. The van der Waals surface area contributed by atoms with Crippen LogP contribution in [0.5, 0.6) is 0 Å². The third kappa shape index (κ3) is 4.06. The number of anilines is 1. The molecule has 4 aromatic rings. The Labute approximate surface area is 180 Å². The molecule has 0 radical (unpaired) electrons. The molecule has 0 bridgehead atoms. The molecular weight excluding hydrogens is 450 g/mol. The van der Waals surface area contributed by atoms with Crippen LogP contribution in [-0.4, -0.2) is 21.2 Å². The summed E-state index contributed by atoms with van der Waals surface area (Å²) in [5.41, 5.74) is 1.30. The number of amides is 1. The zero-order chi connectivity index (χ0) is 20.4. The van der Waals surface area contributed by atoms with E-state index in [2.05, 4.69) is 26.2 Å². The lowest BCUT2D eigenvalue weighted by atomic mass is 10.1. The number of thioether (sulfide) groups is 1. The van der Waals surface area contributed by atoms with Crippen molar-refractivity contribution in [1.82, 2.24) is 9.55 Å². The van der Waals surface area contributed by atoms with E-state index in [1.807, 2.05) is 55.5 Å². The van der Waals surface area contributed by atoms with Crippen molar-refractivity contribution in [2.24, 2.45) is 0 Å². The minimum absolute atomic E-state index is 0.101. The third-order valence-electron chi connectivity index (χ3n) is 4.59. The van der Waals surface area contributed by atoms with Gasteiger partial charge in [-0.05, 0) is 36.6 Å². The van der Waals surface area contributed by atoms with E-state index in [9.17, 15) is 9.59 Å². The van der Waals surface area contributed by atoms with Crippen LogP contribution in [0, 0.1) is 0 Å². The second-order valence-corrected chi connectivity index (χ2v) is 8.33. The number of fused-ring (bicyclic) bond motifs is 2. The van der Waals surface area contributed by atoms with Crippen molar-refractivity contribution >= 4 is 61.0 Å². The molecule has 0 saturated heterocycles. The molecule has 0 atom stereocenters. The van der Waals surface area contributed by atoms with Crippen LogP contribution < -0.4 is 10.9 Å². The second kappa shape index (κ2) is 8.39. The fourth-order valence-electron chi connectivity index (χ4n) is 3.21. The van der Waals surface area contributed by atoms with Crippen molar-refractivity contribution < 1.29 is 4.79 Å². The molecule has 7 heteroatoms. The molecule has 0 unspecified atom stereocenters. The Morgan fingerprint density at radius 2 is 1.90 bits per heavy atom. The van der Waals surface area contributed by atoms with Crippen LogP contribution in [0.3, 0.4) is 0 Å². The number of carbonyl (C=O) groups excluding carboxylic acids is 1. The van der Waals surface area contributed by atoms with Crippen LogP contribution in [-0.2, 0) is 11.3 Å². The van der Waals surface area contributed by atoms with Gasteiger partial charge in [-0.25, -0.2) is 4.98 Å². The largest absolute Gasteiger partial charge is 0.325 e. The molecule has 0 fully saturated rings. The van der Waals surface area contributed by atoms with Crippen LogP contribution >= 0.6 is 27.7 Å². The summed E-state index contributed by atoms with van der Waals surface area (Å²) in [5, 5.41) is 6.14. The molecule has 146 valence electrons. The van der Waals surface area contributed by atoms with Gasteiger partial charge in [-0.15, -0.1) is 0 Å². The Hall–Kier alpha value is -2.64. The summed E-state index contributed by atoms with van der Waals surface area (Å²) in [6, 6.07) is 19.2. The monoisotopic (exact) mass is 467 g/mol. The van der Waals surface area contributed by atoms with E-state index in [0.29, 0.717) is 22.6 Å². The summed E-state index contributed by atoms with van der Waals surface area (Å²) in [6.45, 7) is 2.38. The van der Waals surface area contributed by atoms with E-state index >= 15 is 0 Å². The van der Waals surface area contributed by atoms with E-state index in [1.165, 1.54) is 11.8 Å². The first-order valence-electron chi connectivity index (χ1n) is 9.17. The van der Waals surface area contributed by atoms with Crippen molar-refractivity contribution in [2.45, 2.75) is 18.6 Å². The number of nitrogens with zero attached hydrogens (tertiary/aromatic N) is 2. The van der Waals surface area contributed by atoms with Gasteiger partial charge in [0.2, 0.25) is 5.91 Å². The highest BCUT2D eigenvalue weighted by Gasteiger charge is 2.13. The number of hydrogen-bond donors (Lipinski definition) is 1. The second-order valence-electron chi connectivity index (χ2n) is 6.47. The van der Waals surface area contributed by atoms with E-state index in [0.717, 1.165) is 20.9 Å². The van der Waals surface area contributed by atoms with Crippen LogP contribution in [0.2, 0.25) is 0 Å². The van der Waals surface area contributed by atoms with Gasteiger partial charge in [0, 0.05) is 22.1 Å². The number of nitrogens with one attached hydrogen (secondary N) is 1. The van der Waals surface area contributed by atoms with Crippen LogP contribution in [0.25, 0.3) is 21.7 Å². The van der Waals surface area contributed by atoms with Gasteiger partial charge in [0.05, 0.1) is 16.7 Å². The molecule has 0 aliphatic heterocycles. The van der Waals surface area contributed by atoms with Crippen molar-refractivity contribution in [2.75, 3.05) is 11.1 Å². The van der Waals surface area contributed by atoms with Crippen LogP contribution in [0.15, 0.2) is 75.1 Å². The number of benzene rings is 3. The quantitative estimate of drug-likeness (QED) is 0.329. The number of halogens is 1. The first-order valence-corrected chi connectivity index (χ1v) is 10.9. The van der Waals surface area contributed by atoms with E-state index in [1.54, 1.807) is 16.7 Å². The van der Waals surface area contributed by atoms with Gasteiger partial charge in [-0.3, -0.25) is 14.2 Å². The van der Waals surface area contributed by atoms with E-state index in [-0.39, 0.29) is 17.2 Å². The first kappa shape index (κ1) is 19.7. The fraction of sp³-hybridized carbons (Fsp3) is 0.136. The lowest BCUT2D eigenvalue weighted by molar-refractivity contribution is -0.113. The molecule has 3 aromatic carbocycles. The number of rotatable bonds is 5. The Balaban J connectivity index is 1.57. The fourth-order valence-corrected chi connectivity index (χ4v) is 4.44. The lowest BCUT2D eigenvalue weighted by Crippen LogP contribution is -2.23. The third-order valence-corrected chi connectivity index (χ3v) is 6.06. The summed E-state index contributed by atoms with van der Waals surface area (Å²) in [5.74, 6) is 0.0247. The molecule has 1 amide bonds. The van der Waals surface area contributed by atoms with Crippen molar-refractivity contribution in [3.05, 3.63) is 75.5 Å². The normalized spacial score (nSPS) is 11.1. The van der Waals surface area contributed by atoms with Gasteiger partial charge in [0.1, 0.15) is 0 Å². The zero-order valence-corrected chi connectivity index (χ0v) is 18.1. The lowest BCUT2D eigenvalue weighted by Gasteiger charge is -2.12. The first-order chi connectivity index (χ1) is 14.1. The highest BCUT2D eigenvalue weighted by Crippen LogP contribution is 2.24. The minimum Gasteiger partial charge on any atom is -0.325 e. The molecule has 0 aliphatic rings. The number of hydrogen-bond acceptors (Lipinski definition) is 4. The van der Waals surface area contributed by atoms with Crippen molar-refractivity contribution in [3.8, 4) is 0 Å². The predicted molar refractivity (Wildman–Crippen MR) is 123 cm³/mol. The van der Waals surface area contributed by atoms with Crippen LogP contribution in [0.1, 0.15) is 6.92 Å². The average molecular weight is 468 g/mol. The summed E-state index contributed by atoms with van der Waals surface area (Å²) in [6.07, 6.45) is 0. The summed E-state index contributed by atoms with van der Waals surface area (Å²) in [7, 11) is 0. The molecule has 0 saturated carbocycles. The molecule has 0 spiro atoms. The van der Waals surface area contributed by atoms with Gasteiger partial charge >= 0.3 is 0 Å². The average Bonchev–Trinajstić information content (AvgIpc) is 2.73. The topological polar surface area (TPSA) is 64.0 Å². The number of carbonyl (C=O) groups is 1. The Bertz CT molecular complexity index is 1280. The van der Waals surface area contributed by atoms with Gasteiger partial charge in [-0.2, -0.15) is 0 Å². The molecular formula is C22H18BrN3O2S. The minimum atomic E-state index is -0.140. The van der Waals surface area contributed by atoms with Gasteiger partial charge < -0.3 is 5.32 Å². The van der Waals surface area contributed by atoms with Crippen molar-refractivity contribution in [3.63, 3.8) is 0 Å². The zero-order valence-electron chi connectivity index (χ0n) is 15.7. The Kier molecular flexibility index (Phi) is 5.69. The Morgan fingerprint density at radius 3 is 2.72 bits per heavy atom. The molecule has 1 heterocycles. The molecule has 5 nitrogen and oxygen atoms in total. The van der Waals surface area contributed by atoms with Crippen molar-refractivity contribution in [1.29, 1.82) is 0 Å². The maximum atomic E-state index is 12.8. The smallest absolute Gasteiger partial charge is 0.262 e. The van der Waals surface area contributed by atoms with E-state index < -0.39 is 0 Å². The molecule has 0 aliphatic carbocycles. The molecule has 4 rings (SSSR count). The Morgan fingerprint density at radius 1 is 1.10 bits per heavy atom. The standard InChI is InChI=1S/C22H18BrN3O2S/c1-2-26-21(28)17-12-15(23)10-11-19(17)25-22(26)29-13-20(27)24-18-9-5-7-14-6-3-4-8-16(14)18/h3-12H,2,13H2,1H3,(H,24,27). The molecule has 1 N–H and O–H groups in total. The maximum absolute atomic E-state index is 12.8. The van der Waals surface area contributed by atoms with Gasteiger partial charge in [0.15, 0.2) is 5.16 Å². The summed E-state index contributed by atoms with van der Waals surface area (Å²) >= 11 is 4.66. The van der Waals surface area contributed by atoms with E-state index in [4.69, 9.17) is 0 Å². The van der Waals surface area contributed by atoms with Gasteiger partial charge in [-0.1, -0.05) is 64.1 Å². The molecule has 1 aromatic heterocycles. The predicted octanol–water partition coefficient (Wildman–Crippen LogP) is 5.06.